The average Bonchev–Trinajstić information content (AvgIpc) is 2.66. The topological polar surface area (TPSA) is 98.8 Å². The zero-order valence-corrected chi connectivity index (χ0v) is 16.3. The number of carbonyl (C=O) groups is 2. The molecule has 0 saturated carbocycles. The van der Waals surface area contributed by atoms with Gasteiger partial charge < -0.3 is 9.47 Å². The van der Waals surface area contributed by atoms with Crippen molar-refractivity contribution in [3.8, 4) is 0 Å². The van der Waals surface area contributed by atoms with Crippen LogP contribution in [0.1, 0.15) is 31.8 Å². The Bertz CT molecular complexity index is 1030. The average molecular weight is 431 g/mol. The lowest BCUT2D eigenvalue weighted by Gasteiger charge is -2.14. The Hall–Kier alpha value is -3.08. The summed E-state index contributed by atoms with van der Waals surface area (Å²) in [6.45, 7) is 1.24. The number of methoxy groups -OCH3 is 2. The molecule has 0 saturated heterocycles. The maximum absolute atomic E-state index is 13.1. The van der Waals surface area contributed by atoms with Gasteiger partial charge in [-0.1, -0.05) is 6.07 Å². The van der Waals surface area contributed by atoms with Gasteiger partial charge >= 0.3 is 18.1 Å². The lowest BCUT2D eigenvalue weighted by Crippen LogP contribution is -2.17. The summed E-state index contributed by atoms with van der Waals surface area (Å²) in [6.07, 6.45) is -4.67. The lowest BCUT2D eigenvalue weighted by atomic mass is 10.1. The van der Waals surface area contributed by atoms with E-state index >= 15 is 0 Å². The van der Waals surface area contributed by atoms with Crippen molar-refractivity contribution in [3.05, 3.63) is 58.7 Å². The molecule has 0 aromatic heterocycles. The molecular formula is C18H16F3NO6S. The van der Waals surface area contributed by atoms with Crippen molar-refractivity contribution in [2.75, 3.05) is 18.9 Å². The predicted octanol–water partition coefficient (Wildman–Crippen LogP) is 3.39. The Morgan fingerprint density at radius 3 is 1.90 bits per heavy atom. The van der Waals surface area contributed by atoms with Crippen LogP contribution in [0.5, 0.6) is 0 Å². The second-order valence-corrected chi connectivity index (χ2v) is 7.54. The van der Waals surface area contributed by atoms with Gasteiger partial charge in [-0.15, -0.1) is 0 Å². The van der Waals surface area contributed by atoms with E-state index in [-0.39, 0.29) is 22.4 Å². The van der Waals surface area contributed by atoms with Gasteiger partial charge in [0.2, 0.25) is 0 Å². The van der Waals surface area contributed by atoms with E-state index in [2.05, 4.69) is 9.47 Å². The Morgan fingerprint density at radius 1 is 0.931 bits per heavy atom. The van der Waals surface area contributed by atoms with Gasteiger partial charge in [0.05, 0.1) is 35.8 Å². The molecule has 0 atom stereocenters. The summed E-state index contributed by atoms with van der Waals surface area (Å²) in [5.74, 6) is -1.83. The van der Waals surface area contributed by atoms with E-state index in [1.54, 1.807) is 0 Å². The zero-order valence-electron chi connectivity index (χ0n) is 15.5. The summed E-state index contributed by atoms with van der Waals surface area (Å²) < 4.78 is 75.6. The van der Waals surface area contributed by atoms with E-state index in [0.29, 0.717) is 6.07 Å². The second kappa shape index (κ2) is 8.11. The van der Waals surface area contributed by atoms with Gasteiger partial charge in [0, 0.05) is 5.69 Å². The van der Waals surface area contributed by atoms with Crippen molar-refractivity contribution in [1.29, 1.82) is 0 Å². The molecule has 0 heterocycles. The third-order valence-electron chi connectivity index (χ3n) is 3.85. The van der Waals surface area contributed by atoms with Crippen LogP contribution in [-0.2, 0) is 25.7 Å². The van der Waals surface area contributed by atoms with Crippen molar-refractivity contribution < 1.29 is 40.7 Å². The fourth-order valence-corrected chi connectivity index (χ4v) is 3.55. The summed E-state index contributed by atoms with van der Waals surface area (Å²) in [5, 5.41) is 0. The molecule has 2 rings (SSSR count). The Morgan fingerprint density at radius 2 is 1.45 bits per heavy atom. The van der Waals surface area contributed by atoms with Gasteiger partial charge in [-0.25, -0.2) is 18.0 Å². The maximum Gasteiger partial charge on any atom is 0.416 e. The summed E-state index contributed by atoms with van der Waals surface area (Å²) in [5.41, 5.74) is -1.94. The Labute approximate surface area is 164 Å². The molecule has 2 aromatic carbocycles. The normalized spacial score (nSPS) is 11.7. The van der Waals surface area contributed by atoms with E-state index in [9.17, 15) is 31.2 Å². The smallest absolute Gasteiger partial charge is 0.416 e. The number of ether oxygens (including phenoxy) is 2. The van der Waals surface area contributed by atoms with Gasteiger partial charge in [0.1, 0.15) is 0 Å². The zero-order chi connectivity index (χ0) is 22.0. The van der Waals surface area contributed by atoms with E-state index in [1.807, 2.05) is 4.72 Å². The van der Waals surface area contributed by atoms with Crippen LogP contribution < -0.4 is 4.72 Å². The summed E-state index contributed by atoms with van der Waals surface area (Å²) in [6, 6.07) is 5.86. The van der Waals surface area contributed by atoms with E-state index in [4.69, 9.17) is 0 Å². The number of sulfonamides is 1. The van der Waals surface area contributed by atoms with Crippen LogP contribution in [0.15, 0.2) is 41.3 Å². The highest BCUT2D eigenvalue weighted by Crippen LogP contribution is 2.34. The molecule has 2 aromatic rings. The minimum absolute atomic E-state index is 0.0823. The number of carbonyl (C=O) groups excluding carboxylic acids is 2. The minimum atomic E-state index is -4.67. The predicted molar refractivity (Wildman–Crippen MR) is 96.1 cm³/mol. The number of hydrogen-bond acceptors (Lipinski definition) is 6. The number of rotatable bonds is 5. The number of esters is 2. The molecule has 0 fully saturated rings. The number of benzene rings is 2. The first-order valence-corrected chi connectivity index (χ1v) is 9.39. The highest BCUT2D eigenvalue weighted by atomic mass is 32.2. The first-order valence-electron chi connectivity index (χ1n) is 7.91. The molecule has 0 unspecified atom stereocenters. The number of halogens is 3. The molecule has 0 spiro atoms. The van der Waals surface area contributed by atoms with Crippen LogP contribution in [0.2, 0.25) is 0 Å². The van der Waals surface area contributed by atoms with Crippen molar-refractivity contribution in [2.24, 2.45) is 0 Å². The highest BCUT2D eigenvalue weighted by molar-refractivity contribution is 7.92. The molecule has 0 aliphatic heterocycles. The SMILES string of the molecule is COC(=O)c1cc(C(=O)OC)cc(S(=O)(=O)Nc2ccc(C)c(C(F)(F)F)c2)c1. The number of alkyl halides is 3. The molecule has 0 aliphatic carbocycles. The fraction of sp³-hybridized carbons (Fsp3) is 0.222. The molecule has 29 heavy (non-hydrogen) atoms. The first-order chi connectivity index (χ1) is 13.4. The Kier molecular flexibility index (Phi) is 6.21. The Balaban J connectivity index is 2.53. The van der Waals surface area contributed by atoms with E-state index in [1.165, 1.54) is 6.92 Å². The molecular weight excluding hydrogens is 415 g/mol. The van der Waals surface area contributed by atoms with Crippen LogP contribution >= 0.6 is 0 Å². The van der Waals surface area contributed by atoms with Gasteiger partial charge in [-0.2, -0.15) is 13.2 Å². The lowest BCUT2D eigenvalue weighted by molar-refractivity contribution is -0.138. The van der Waals surface area contributed by atoms with Crippen molar-refractivity contribution in [3.63, 3.8) is 0 Å². The van der Waals surface area contributed by atoms with Gasteiger partial charge in [-0.3, -0.25) is 4.72 Å². The molecule has 0 bridgehead atoms. The van der Waals surface area contributed by atoms with Crippen LogP contribution in [0.4, 0.5) is 18.9 Å². The molecule has 0 radical (unpaired) electrons. The summed E-state index contributed by atoms with van der Waals surface area (Å²) in [4.78, 5) is 23.1. The molecule has 0 aliphatic rings. The number of aryl methyl sites for hydroxylation is 1. The molecule has 0 amide bonds. The van der Waals surface area contributed by atoms with Crippen LogP contribution in [0.25, 0.3) is 0 Å². The third kappa shape index (κ3) is 5.05. The van der Waals surface area contributed by atoms with Crippen molar-refractivity contribution >= 4 is 27.6 Å². The molecule has 7 nitrogen and oxygen atoms in total. The van der Waals surface area contributed by atoms with Crippen LogP contribution in [0.3, 0.4) is 0 Å². The van der Waals surface area contributed by atoms with E-state index in [0.717, 1.165) is 44.6 Å². The highest BCUT2D eigenvalue weighted by Gasteiger charge is 2.33. The number of nitrogens with one attached hydrogen (secondary N) is 1. The fourth-order valence-electron chi connectivity index (χ4n) is 2.43. The van der Waals surface area contributed by atoms with Crippen LogP contribution in [-0.4, -0.2) is 34.6 Å². The van der Waals surface area contributed by atoms with Crippen LogP contribution in [0, 0.1) is 6.92 Å². The van der Waals surface area contributed by atoms with E-state index < -0.39 is 38.6 Å². The third-order valence-corrected chi connectivity index (χ3v) is 5.21. The molecule has 11 heteroatoms. The maximum atomic E-state index is 13.1. The van der Waals surface area contributed by atoms with Crippen molar-refractivity contribution in [1.82, 2.24) is 0 Å². The van der Waals surface area contributed by atoms with Gasteiger partial charge in [-0.05, 0) is 42.8 Å². The quantitative estimate of drug-likeness (QED) is 0.729. The van der Waals surface area contributed by atoms with Gasteiger partial charge in [0.25, 0.3) is 10.0 Å². The monoisotopic (exact) mass is 431 g/mol. The summed E-state index contributed by atoms with van der Waals surface area (Å²) in [7, 11) is -2.33. The van der Waals surface area contributed by atoms with Gasteiger partial charge in [0.15, 0.2) is 0 Å². The number of anilines is 1. The molecule has 156 valence electrons. The summed E-state index contributed by atoms with van der Waals surface area (Å²) >= 11 is 0. The first kappa shape index (κ1) is 22.2. The largest absolute Gasteiger partial charge is 0.465 e. The second-order valence-electron chi connectivity index (χ2n) is 5.86. The molecule has 1 N–H and O–H groups in total. The van der Waals surface area contributed by atoms with Crippen molar-refractivity contribution in [2.45, 2.75) is 18.0 Å². The minimum Gasteiger partial charge on any atom is -0.465 e. The standard InChI is InChI=1S/C18H16F3NO6S/c1-10-4-5-13(9-15(10)18(19,20)21)22-29(25,26)14-7-11(16(23)27-2)6-12(8-14)17(24)28-3/h4-9,22H,1-3H3. The number of hydrogen-bond donors (Lipinski definition) is 1.